The van der Waals surface area contributed by atoms with Crippen LogP contribution < -0.4 is 10.6 Å². The Kier molecular flexibility index (Phi) is 4.11. The van der Waals surface area contributed by atoms with E-state index in [4.69, 9.17) is 0 Å². The molecule has 6 heteroatoms. The average Bonchev–Trinajstić information content (AvgIpc) is 2.70. The van der Waals surface area contributed by atoms with Crippen LogP contribution in [0.25, 0.3) is 10.4 Å². The Labute approximate surface area is 116 Å². The summed E-state index contributed by atoms with van der Waals surface area (Å²) in [5, 5.41) is 6.10. The summed E-state index contributed by atoms with van der Waals surface area (Å²) < 4.78 is 0. The zero-order valence-corrected chi connectivity index (χ0v) is 11.9. The van der Waals surface area contributed by atoms with E-state index >= 15 is 0 Å². The number of hydrogen-bond acceptors (Lipinski definition) is 4. The smallest absolute Gasteiger partial charge is 0.321 e. The summed E-state index contributed by atoms with van der Waals surface area (Å²) in [6.07, 6.45) is 3.52. The van der Waals surface area contributed by atoms with E-state index in [1.807, 2.05) is 32.9 Å². The molecule has 0 aliphatic carbocycles. The quantitative estimate of drug-likeness (QED) is 0.905. The lowest BCUT2D eigenvalue weighted by Gasteiger charge is -2.07. The van der Waals surface area contributed by atoms with Gasteiger partial charge in [0.15, 0.2) is 5.13 Å². The molecular formula is C13H16N4OS. The van der Waals surface area contributed by atoms with Gasteiger partial charge in [-0.15, -0.1) is 0 Å². The summed E-state index contributed by atoms with van der Waals surface area (Å²) in [5.74, 6) is 0. The van der Waals surface area contributed by atoms with E-state index in [2.05, 4.69) is 20.6 Å². The third kappa shape index (κ3) is 3.51. The Hall–Kier alpha value is -1.95. The van der Waals surface area contributed by atoms with E-state index in [-0.39, 0.29) is 12.1 Å². The highest BCUT2D eigenvalue weighted by atomic mass is 32.1. The molecule has 0 aliphatic heterocycles. The van der Waals surface area contributed by atoms with Crippen LogP contribution in [0.15, 0.2) is 24.5 Å². The molecule has 0 aliphatic rings. The van der Waals surface area contributed by atoms with Crippen LogP contribution in [-0.4, -0.2) is 22.0 Å². The van der Waals surface area contributed by atoms with Crippen molar-refractivity contribution in [3.8, 4) is 10.4 Å². The predicted molar refractivity (Wildman–Crippen MR) is 77.4 cm³/mol. The number of rotatable bonds is 3. The minimum absolute atomic E-state index is 0.0962. The summed E-state index contributed by atoms with van der Waals surface area (Å²) in [4.78, 5) is 21.1. The van der Waals surface area contributed by atoms with Gasteiger partial charge in [0.25, 0.3) is 0 Å². The van der Waals surface area contributed by atoms with Crippen LogP contribution in [0.2, 0.25) is 0 Å². The van der Waals surface area contributed by atoms with Gasteiger partial charge in [0.2, 0.25) is 0 Å². The van der Waals surface area contributed by atoms with E-state index < -0.39 is 0 Å². The standard InChI is InChI=1S/C13H16N4OS/c1-8(2)15-12(18)17-13-16-9(3)11(19-13)10-5-4-6-14-7-10/h4-8H,1-3H3,(H2,15,16,17,18). The predicted octanol–water partition coefficient (Wildman–Crippen LogP) is 3.04. The number of aromatic nitrogens is 2. The maximum absolute atomic E-state index is 11.6. The van der Waals surface area contributed by atoms with Crippen molar-refractivity contribution >= 4 is 22.5 Å². The van der Waals surface area contributed by atoms with Crippen LogP contribution in [0, 0.1) is 6.92 Å². The largest absolute Gasteiger partial charge is 0.336 e. The number of carbonyl (C=O) groups is 1. The fraction of sp³-hybridized carbons (Fsp3) is 0.308. The second-order valence-electron chi connectivity index (χ2n) is 4.43. The van der Waals surface area contributed by atoms with E-state index in [1.165, 1.54) is 11.3 Å². The first-order valence-electron chi connectivity index (χ1n) is 6.01. The summed E-state index contributed by atoms with van der Waals surface area (Å²) >= 11 is 1.44. The molecule has 100 valence electrons. The van der Waals surface area contributed by atoms with Crippen molar-refractivity contribution in [2.45, 2.75) is 26.8 Å². The van der Waals surface area contributed by atoms with Crippen LogP contribution >= 0.6 is 11.3 Å². The minimum atomic E-state index is -0.235. The molecule has 0 radical (unpaired) electrons. The molecule has 2 rings (SSSR count). The molecule has 0 saturated heterocycles. The second kappa shape index (κ2) is 5.79. The van der Waals surface area contributed by atoms with Gasteiger partial charge in [-0.1, -0.05) is 17.4 Å². The third-order valence-electron chi connectivity index (χ3n) is 2.36. The van der Waals surface area contributed by atoms with Gasteiger partial charge in [-0.3, -0.25) is 10.3 Å². The maximum atomic E-state index is 11.6. The van der Waals surface area contributed by atoms with E-state index in [0.29, 0.717) is 5.13 Å². The SMILES string of the molecule is Cc1nc(NC(=O)NC(C)C)sc1-c1cccnc1. The first-order valence-corrected chi connectivity index (χ1v) is 6.83. The molecule has 5 nitrogen and oxygen atoms in total. The lowest BCUT2D eigenvalue weighted by molar-refractivity contribution is 0.250. The molecule has 2 aromatic rings. The van der Waals surface area contributed by atoms with Crippen LogP contribution in [0.1, 0.15) is 19.5 Å². The normalized spacial score (nSPS) is 10.5. The fourth-order valence-corrected chi connectivity index (χ4v) is 2.56. The molecule has 0 atom stereocenters. The summed E-state index contributed by atoms with van der Waals surface area (Å²) in [6, 6.07) is 3.72. The van der Waals surface area contributed by atoms with Crippen molar-refractivity contribution in [3.05, 3.63) is 30.2 Å². The van der Waals surface area contributed by atoms with Crippen molar-refractivity contribution in [2.24, 2.45) is 0 Å². The number of carbonyl (C=O) groups excluding carboxylic acids is 1. The number of thiazole rings is 1. The minimum Gasteiger partial charge on any atom is -0.336 e. The van der Waals surface area contributed by atoms with E-state index in [9.17, 15) is 4.79 Å². The Balaban J connectivity index is 2.16. The van der Waals surface area contributed by atoms with Crippen molar-refractivity contribution in [2.75, 3.05) is 5.32 Å². The van der Waals surface area contributed by atoms with Gasteiger partial charge in [0.05, 0.1) is 10.6 Å². The number of anilines is 1. The number of urea groups is 1. The molecule has 0 bridgehead atoms. The molecule has 2 heterocycles. The van der Waals surface area contributed by atoms with Gasteiger partial charge in [-0.2, -0.15) is 0 Å². The van der Waals surface area contributed by atoms with Gasteiger partial charge in [0.1, 0.15) is 0 Å². The number of hydrogen-bond donors (Lipinski definition) is 2. The summed E-state index contributed by atoms with van der Waals surface area (Å²) in [7, 11) is 0. The van der Waals surface area contributed by atoms with Crippen LogP contribution in [0.5, 0.6) is 0 Å². The highest BCUT2D eigenvalue weighted by Gasteiger charge is 2.12. The van der Waals surface area contributed by atoms with Gasteiger partial charge in [-0.25, -0.2) is 9.78 Å². The van der Waals surface area contributed by atoms with Gasteiger partial charge in [0, 0.05) is 24.0 Å². The molecule has 0 fully saturated rings. The van der Waals surface area contributed by atoms with Crippen LogP contribution in [-0.2, 0) is 0 Å². The Morgan fingerprint density at radius 1 is 1.42 bits per heavy atom. The summed E-state index contributed by atoms with van der Waals surface area (Å²) in [5.41, 5.74) is 1.90. The number of nitrogens with one attached hydrogen (secondary N) is 2. The lowest BCUT2D eigenvalue weighted by atomic mass is 10.2. The number of aryl methyl sites for hydroxylation is 1. The van der Waals surface area contributed by atoms with E-state index in [0.717, 1.165) is 16.1 Å². The molecule has 2 N–H and O–H groups in total. The molecule has 0 saturated carbocycles. The molecule has 0 unspecified atom stereocenters. The lowest BCUT2D eigenvalue weighted by Crippen LogP contribution is -2.34. The first-order chi connectivity index (χ1) is 9.06. The Bertz CT molecular complexity index is 565. The average molecular weight is 276 g/mol. The van der Waals surface area contributed by atoms with Gasteiger partial charge in [-0.05, 0) is 26.8 Å². The highest BCUT2D eigenvalue weighted by molar-refractivity contribution is 7.19. The highest BCUT2D eigenvalue weighted by Crippen LogP contribution is 2.31. The van der Waals surface area contributed by atoms with Gasteiger partial charge < -0.3 is 5.32 Å². The third-order valence-corrected chi connectivity index (χ3v) is 3.48. The Morgan fingerprint density at radius 3 is 2.84 bits per heavy atom. The molecule has 0 aromatic carbocycles. The number of pyridine rings is 1. The van der Waals surface area contributed by atoms with Crippen molar-refractivity contribution in [1.29, 1.82) is 0 Å². The van der Waals surface area contributed by atoms with Gasteiger partial charge >= 0.3 is 6.03 Å². The van der Waals surface area contributed by atoms with Crippen LogP contribution in [0.4, 0.5) is 9.93 Å². The van der Waals surface area contributed by atoms with Crippen molar-refractivity contribution < 1.29 is 4.79 Å². The Morgan fingerprint density at radius 2 is 2.21 bits per heavy atom. The molecule has 2 aromatic heterocycles. The zero-order chi connectivity index (χ0) is 13.8. The molecule has 2 amide bonds. The number of amides is 2. The topological polar surface area (TPSA) is 66.9 Å². The second-order valence-corrected chi connectivity index (χ2v) is 5.43. The molecule has 19 heavy (non-hydrogen) atoms. The zero-order valence-electron chi connectivity index (χ0n) is 11.1. The fourth-order valence-electron chi connectivity index (χ4n) is 1.61. The summed E-state index contributed by atoms with van der Waals surface area (Å²) in [6.45, 7) is 5.74. The van der Waals surface area contributed by atoms with E-state index in [1.54, 1.807) is 12.4 Å². The molecule has 0 spiro atoms. The maximum Gasteiger partial charge on any atom is 0.321 e. The van der Waals surface area contributed by atoms with Crippen molar-refractivity contribution in [3.63, 3.8) is 0 Å². The monoisotopic (exact) mass is 276 g/mol. The van der Waals surface area contributed by atoms with Crippen LogP contribution in [0.3, 0.4) is 0 Å². The first kappa shape index (κ1) is 13.5. The molecular weight excluding hydrogens is 260 g/mol. The number of nitrogens with zero attached hydrogens (tertiary/aromatic N) is 2. The van der Waals surface area contributed by atoms with Crippen molar-refractivity contribution in [1.82, 2.24) is 15.3 Å².